The highest BCUT2D eigenvalue weighted by molar-refractivity contribution is 5.77. The Kier molecular flexibility index (Phi) is 3.19. The number of aliphatic hydroxyl groups is 2. The van der Waals surface area contributed by atoms with Gasteiger partial charge in [0, 0.05) is 5.92 Å². The van der Waals surface area contributed by atoms with E-state index in [2.05, 4.69) is 0 Å². The van der Waals surface area contributed by atoms with Crippen molar-refractivity contribution in [2.45, 2.75) is 20.3 Å². The van der Waals surface area contributed by atoms with Gasteiger partial charge in [0.15, 0.2) is 0 Å². The zero-order valence-corrected chi connectivity index (χ0v) is 5.46. The van der Waals surface area contributed by atoms with Crippen LogP contribution in [0.1, 0.15) is 13.8 Å². The Hall–Kier alpha value is -0.610. The quantitative estimate of drug-likeness (QED) is 0.424. The average Bonchev–Trinajstić information content (AvgIpc) is 1.63. The first kappa shape index (κ1) is 8.39. The predicted molar refractivity (Wildman–Crippen MR) is 31.2 cm³/mol. The monoisotopic (exact) mass is 133 g/mol. The van der Waals surface area contributed by atoms with E-state index in [4.69, 9.17) is 10.2 Å². The summed E-state index contributed by atoms with van der Waals surface area (Å²) in [5.41, 5.74) is 0. The lowest BCUT2D eigenvalue weighted by atomic mass is 10.2. The largest absolute Gasteiger partial charge is 0.351 e. The van der Waals surface area contributed by atoms with E-state index in [1.165, 1.54) is 0 Å². The molecule has 0 bridgehead atoms. The summed E-state index contributed by atoms with van der Waals surface area (Å²) in [6, 6.07) is 0. The van der Waals surface area contributed by atoms with Crippen LogP contribution in [-0.2, 0) is 4.79 Å². The number of aliphatic hydroxyl groups excluding tert-OH is 1. The first-order valence-corrected chi connectivity index (χ1v) is 2.70. The van der Waals surface area contributed by atoms with Crippen molar-refractivity contribution in [1.29, 1.82) is 0 Å². The Balaban J connectivity index is 3.51. The molecule has 4 heteroatoms. The van der Waals surface area contributed by atoms with Crippen LogP contribution in [0.15, 0.2) is 0 Å². The number of carbonyl (C=O) groups excluding carboxylic acids is 1. The van der Waals surface area contributed by atoms with Gasteiger partial charge in [0.25, 0.3) is 0 Å². The molecule has 0 spiro atoms. The summed E-state index contributed by atoms with van der Waals surface area (Å²) in [7, 11) is 0. The Morgan fingerprint density at radius 3 is 2.00 bits per heavy atom. The maximum absolute atomic E-state index is 10.5. The average molecular weight is 133 g/mol. The summed E-state index contributed by atoms with van der Waals surface area (Å²) in [6.45, 7) is 3.33. The van der Waals surface area contributed by atoms with Crippen molar-refractivity contribution < 1.29 is 15.0 Å². The highest BCUT2D eigenvalue weighted by Gasteiger charge is 2.08. The molecule has 9 heavy (non-hydrogen) atoms. The van der Waals surface area contributed by atoms with Crippen molar-refractivity contribution in [3.63, 3.8) is 0 Å². The Labute approximate surface area is 53.5 Å². The molecule has 0 aliphatic rings. The van der Waals surface area contributed by atoms with E-state index in [0.29, 0.717) is 0 Å². The fourth-order valence-electron chi connectivity index (χ4n) is 0.294. The van der Waals surface area contributed by atoms with Crippen LogP contribution in [0.3, 0.4) is 0 Å². The van der Waals surface area contributed by atoms with E-state index in [0.717, 1.165) is 0 Å². The van der Waals surface area contributed by atoms with Crippen molar-refractivity contribution in [2.24, 2.45) is 5.92 Å². The van der Waals surface area contributed by atoms with Gasteiger partial charge >= 0.3 is 0 Å². The number of carbonyl (C=O) groups is 1. The molecular formula is C5H11NO3. The third-order valence-corrected chi connectivity index (χ3v) is 0.796. The molecule has 0 aliphatic carbocycles. The summed E-state index contributed by atoms with van der Waals surface area (Å²) < 4.78 is 0. The number of hydrogen-bond donors (Lipinski definition) is 3. The van der Waals surface area contributed by atoms with Gasteiger partial charge in [-0.05, 0) is 0 Å². The molecule has 0 aromatic rings. The fourth-order valence-corrected chi connectivity index (χ4v) is 0.294. The van der Waals surface area contributed by atoms with Crippen LogP contribution in [0.25, 0.3) is 0 Å². The van der Waals surface area contributed by atoms with E-state index >= 15 is 0 Å². The van der Waals surface area contributed by atoms with E-state index in [1.807, 2.05) is 5.32 Å². The van der Waals surface area contributed by atoms with Crippen LogP contribution in [-0.4, -0.2) is 22.5 Å². The van der Waals surface area contributed by atoms with Crippen molar-refractivity contribution in [2.75, 3.05) is 0 Å². The van der Waals surface area contributed by atoms with Crippen molar-refractivity contribution >= 4 is 5.91 Å². The smallest absolute Gasteiger partial charge is 0.235 e. The van der Waals surface area contributed by atoms with Crippen LogP contribution < -0.4 is 5.32 Å². The van der Waals surface area contributed by atoms with Crippen LogP contribution in [0.2, 0.25) is 0 Å². The molecule has 0 atom stereocenters. The molecule has 0 unspecified atom stereocenters. The van der Waals surface area contributed by atoms with Crippen LogP contribution in [0.4, 0.5) is 0 Å². The maximum atomic E-state index is 10.5. The number of hydrogen-bond acceptors (Lipinski definition) is 3. The first-order chi connectivity index (χ1) is 4.04. The molecule has 0 aliphatic heterocycles. The van der Waals surface area contributed by atoms with Crippen molar-refractivity contribution in [1.82, 2.24) is 5.32 Å². The lowest BCUT2D eigenvalue weighted by molar-refractivity contribution is -0.137. The molecule has 0 rings (SSSR count). The first-order valence-electron chi connectivity index (χ1n) is 2.70. The number of amides is 1. The standard InChI is InChI=1S/C5H11NO3/c1-3(2)4(7)6-5(8)9/h3,5,8-9H,1-2H3,(H,6,7). The third-order valence-electron chi connectivity index (χ3n) is 0.796. The van der Waals surface area contributed by atoms with Crippen LogP contribution >= 0.6 is 0 Å². The minimum Gasteiger partial charge on any atom is -0.351 e. The maximum Gasteiger partial charge on any atom is 0.235 e. The van der Waals surface area contributed by atoms with E-state index < -0.39 is 6.41 Å². The minimum atomic E-state index is -1.74. The second-order valence-electron chi connectivity index (χ2n) is 2.04. The van der Waals surface area contributed by atoms with Gasteiger partial charge in [-0.2, -0.15) is 0 Å². The normalized spacial score (nSPS) is 10.4. The Morgan fingerprint density at radius 1 is 1.44 bits per heavy atom. The fraction of sp³-hybridized carbons (Fsp3) is 0.800. The summed E-state index contributed by atoms with van der Waals surface area (Å²) >= 11 is 0. The van der Waals surface area contributed by atoms with Gasteiger partial charge in [0.1, 0.15) is 0 Å². The predicted octanol–water partition coefficient (Wildman–Crippen LogP) is -0.973. The molecule has 0 heterocycles. The highest BCUT2D eigenvalue weighted by Crippen LogP contribution is 1.89. The topological polar surface area (TPSA) is 69.6 Å². The van der Waals surface area contributed by atoms with Gasteiger partial charge < -0.3 is 15.5 Å². The second kappa shape index (κ2) is 3.42. The molecule has 4 nitrogen and oxygen atoms in total. The van der Waals surface area contributed by atoms with Gasteiger partial charge in [-0.25, -0.2) is 0 Å². The van der Waals surface area contributed by atoms with Gasteiger partial charge in [-0.1, -0.05) is 13.8 Å². The molecule has 1 amide bonds. The summed E-state index contributed by atoms with van der Waals surface area (Å²) in [6.07, 6.45) is -1.74. The summed E-state index contributed by atoms with van der Waals surface area (Å²) in [5, 5.41) is 18.3. The molecule has 0 aromatic heterocycles. The number of rotatable bonds is 2. The molecule has 3 N–H and O–H groups in total. The molecular weight excluding hydrogens is 122 g/mol. The van der Waals surface area contributed by atoms with Gasteiger partial charge in [0.2, 0.25) is 12.3 Å². The zero-order valence-electron chi connectivity index (χ0n) is 5.46. The molecule has 54 valence electrons. The van der Waals surface area contributed by atoms with E-state index in [-0.39, 0.29) is 11.8 Å². The number of nitrogens with one attached hydrogen (secondary N) is 1. The van der Waals surface area contributed by atoms with Crippen LogP contribution in [0, 0.1) is 5.92 Å². The van der Waals surface area contributed by atoms with Crippen molar-refractivity contribution in [3.05, 3.63) is 0 Å². The zero-order chi connectivity index (χ0) is 7.44. The van der Waals surface area contributed by atoms with Gasteiger partial charge in [-0.3, -0.25) is 4.79 Å². The molecule has 0 aromatic carbocycles. The van der Waals surface area contributed by atoms with Crippen molar-refractivity contribution in [3.8, 4) is 0 Å². The van der Waals surface area contributed by atoms with Crippen LogP contribution in [0.5, 0.6) is 0 Å². The molecule has 0 radical (unpaired) electrons. The van der Waals surface area contributed by atoms with Gasteiger partial charge in [0.05, 0.1) is 0 Å². The van der Waals surface area contributed by atoms with E-state index in [1.54, 1.807) is 13.8 Å². The molecule has 0 saturated heterocycles. The SMILES string of the molecule is CC(C)C(=O)NC(O)O. The second-order valence-corrected chi connectivity index (χ2v) is 2.04. The Morgan fingerprint density at radius 2 is 1.89 bits per heavy atom. The summed E-state index contributed by atoms with van der Waals surface area (Å²) in [4.78, 5) is 10.5. The lowest BCUT2D eigenvalue weighted by Crippen LogP contribution is -2.36. The van der Waals surface area contributed by atoms with Gasteiger partial charge in [-0.15, -0.1) is 0 Å². The van der Waals surface area contributed by atoms with E-state index in [9.17, 15) is 4.79 Å². The minimum absolute atomic E-state index is 0.216. The summed E-state index contributed by atoms with van der Waals surface area (Å²) in [5.74, 6) is -0.586. The molecule has 0 fully saturated rings. The molecule has 0 saturated carbocycles. The highest BCUT2D eigenvalue weighted by atomic mass is 16.5. The lowest BCUT2D eigenvalue weighted by Gasteiger charge is -2.07. The Bertz CT molecular complexity index is 100. The third kappa shape index (κ3) is 3.93.